The summed E-state index contributed by atoms with van der Waals surface area (Å²) < 4.78 is 6.32. The summed E-state index contributed by atoms with van der Waals surface area (Å²) in [7, 11) is 4.24. The van der Waals surface area contributed by atoms with E-state index in [1.807, 2.05) is 30.4 Å². The molecule has 0 aromatic rings. The second kappa shape index (κ2) is 23.8. The molecular weight excluding hydrogens is 1160 g/mol. The third-order valence-corrected chi connectivity index (χ3v) is 35.0. The van der Waals surface area contributed by atoms with Gasteiger partial charge in [0.25, 0.3) is 0 Å². The molecule has 0 N–H and O–H groups in total. The highest BCUT2D eigenvalue weighted by Crippen LogP contribution is 2.74. The predicted octanol–water partition coefficient (Wildman–Crippen LogP) is 21.5. The van der Waals surface area contributed by atoms with Crippen molar-refractivity contribution in [3.05, 3.63) is 0 Å². The van der Waals surface area contributed by atoms with E-state index in [1.54, 1.807) is 0 Å². The summed E-state index contributed by atoms with van der Waals surface area (Å²) in [5, 5.41) is 2.44. The van der Waals surface area contributed by atoms with Gasteiger partial charge in [-0.1, -0.05) is 96.9 Å². The van der Waals surface area contributed by atoms with E-state index in [0.29, 0.717) is 43.6 Å². The van der Waals surface area contributed by atoms with Crippen LogP contribution in [0.4, 0.5) is 0 Å². The maximum Gasteiger partial charge on any atom is 0.181 e. The van der Waals surface area contributed by atoms with E-state index in [2.05, 4.69) is 372 Å². The minimum Gasteiger partial charge on any atom is -0.475 e. The topological polar surface area (TPSA) is 84.0 Å². The summed E-state index contributed by atoms with van der Waals surface area (Å²) in [4.78, 5) is 33.1. The smallest absolute Gasteiger partial charge is 0.181 e. The highest BCUT2D eigenvalue weighted by Gasteiger charge is 2.77. The van der Waals surface area contributed by atoms with Crippen molar-refractivity contribution < 1.29 is 4.74 Å². The van der Waals surface area contributed by atoms with Crippen LogP contribution in [-0.2, 0) is 4.74 Å². The fourth-order valence-corrected chi connectivity index (χ4v) is 19.8. The summed E-state index contributed by atoms with van der Waals surface area (Å²) >= 11 is 3.76. The summed E-state index contributed by atoms with van der Waals surface area (Å²) in [5.41, 5.74) is 3.91. The Morgan fingerprint density at radius 1 is 0.308 bits per heavy atom. The van der Waals surface area contributed by atoms with Gasteiger partial charge in [-0.3, -0.25) is 29.8 Å². The van der Waals surface area contributed by atoms with Crippen molar-refractivity contribution in [3.63, 3.8) is 0 Å². The number of hydrogen-bond donors (Lipinski definition) is 0. The zero-order valence-electron chi connectivity index (χ0n) is 69.9. The van der Waals surface area contributed by atoms with Gasteiger partial charge in [0.15, 0.2) is 5.90 Å². The molecular formula is C79H153N9OS2. The molecule has 12 heteroatoms. The third kappa shape index (κ3) is 12.6. The summed E-state index contributed by atoms with van der Waals surface area (Å²) in [6.07, 6.45) is 1.33. The molecule has 5 fully saturated rings. The van der Waals surface area contributed by atoms with Gasteiger partial charge >= 0.3 is 0 Å². The van der Waals surface area contributed by atoms with Crippen LogP contribution in [0.3, 0.4) is 0 Å². The molecule has 10 heterocycles. The van der Waals surface area contributed by atoms with Crippen LogP contribution < -0.4 is 0 Å². The molecule has 4 bridgehead atoms. The van der Waals surface area contributed by atoms with Gasteiger partial charge in [0, 0.05) is 75.6 Å². The van der Waals surface area contributed by atoms with Crippen molar-refractivity contribution in [2.45, 2.75) is 408 Å². The van der Waals surface area contributed by atoms with E-state index in [1.165, 1.54) is 29.6 Å². The van der Waals surface area contributed by atoms with E-state index in [9.17, 15) is 0 Å². The lowest BCUT2D eigenvalue weighted by atomic mass is 9.37. The first-order valence-electron chi connectivity index (χ1n) is 35.2. The first kappa shape index (κ1) is 83.6. The monoisotopic (exact) mass is 1310 g/mol. The minimum absolute atomic E-state index is 0.00704. The number of likely N-dealkylation sites (N-methyl/N-ethyl adjacent to an activating group) is 1. The van der Waals surface area contributed by atoms with Gasteiger partial charge in [0.05, 0.1) is 55.0 Å². The van der Waals surface area contributed by atoms with Crippen molar-refractivity contribution in [1.29, 1.82) is 0 Å². The van der Waals surface area contributed by atoms with Gasteiger partial charge in [-0.05, 0) is 267 Å². The Bertz CT molecular complexity index is 2730. The average Bonchev–Trinajstić information content (AvgIpc) is 1.65. The number of nitrogens with zero attached hydrogens (tertiary/aromatic N) is 9. The summed E-state index contributed by atoms with van der Waals surface area (Å²) in [6, 6.07) is 0. The molecule has 10 aliphatic rings. The number of thioether (sulfide) groups is 2. The van der Waals surface area contributed by atoms with Crippen LogP contribution in [-0.4, -0.2) is 150 Å². The van der Waals surface area contributed by atoms with Crippen molar-refractivity contribution in [2.75, 3.05) is 27.2 Å². The van der Waals surface area contributed by atoms with Crippen LogP contribution in [0.5, 0.6) is 0 Å². The Morgan fingerprint density at radius 2 is 0.604 bits per heavy atom. The van der Waals surface area contributed by atoms with Crippen LogP contribution >= 0.6 is 23.5 Å². The standard InChI is InChI=1S/C16H31N.C15H29N.C12H24N2.C11H21NO.C9H18N2.2C8H15NS/c1-12(2)14(5,6)17-11-10-16(12,9)13(3,4)15(17,7)8;1-11(2)13(5,6)16-10-15(11,9)12(3,4)14(16,7)8;1-9-13-11(4,5)10(2,3)12(6,7)14(9)8;1-8-12-10(4,5)9(2,3)11(6,7)13-8;1-7-10-8(2,3)9(4,5)11(7)6;2*1-6-9-7(2,3)8(4,5)10-6/h10-11H2,1-9H3;10H2,1-9H3;1-8H3;1-7H3;1-6H3;2*1-5H3. The molecule has 0 aromatic carbocycles. The highest BCUT2D eigenvalue weighted by molar-refractivity contribution is 8.15. The molecule has 10 rings (SSSR count). The Balaban J connectivity index is 0.000000280. The summed E-state index contributed by atoms with van der Waals surface area (Å²) in [6.45, 7) is 110. The van der Waals surface area contributed by atoms with Gasteiger partial charge in [-0.25, -0.2) is 4.99 Å². The fraction of sp³-hybridized carbons (Fsp3) is 0.937. The summed E-state index contributed by atoms with van der Waals surface area (Å²) in [5.74, 6) is 3.08. The Labute approximate surface area is 575 Å². The highest BCUT2D eigenvalue weighted by atomic mass is 32.2. The molecule has 10 nitrogen and oxygen atoms in total. The molecule has 0 spiro atoms. The molecule has 532 valence electrons. The first-order valence-corrected chi connectivity index (χ1v) is 36.9. The van der Waals surface area contributed by atoms with Crippen LogP contribution in [0, 0.1) is 43.3 Å². The number of aliphatic imine (C=N–C) groups is 5. The Kier molecular flexibility index (Phi) is 21.9. The molecule has 91 heavy (non-hydrogen) atoms. The van der Waals surface area contributed by atoms with Gasteiger partial charge in [0.2, 0.25) is 0 Å². The van der Waals surface area contributed by atoms with E-state index in [-0.39, 0.29) is 75.8 Å². The van der Waals surface area contributed by atoms with Crippen LogP contribution in [0.15, 0.2) is 25.0 Å². The lowest BCUT2D eigenvalue weighted by molar-refractivity contribution is -0.293. The van der Waals surface area contributed by atoms with E-state index in [0.717, 1.165) is 17.6 Å². The van der Waals surface area contributed by atoms with Gasteiger partial charge in [0.1, 0.15) is 5.60 Å². The molecule has 0 saturated carbocycles. The predicted molar refractivity (Wildman–Crippen MR) is 411 cm³/mol. The lowest BCUT2D eigenvalue weighted by Gasteiger charge is -2.79. The molecule has 0 aromatic heterocycles. The normalized spacial score (nSPS) is 34.5. The maximum atomic E-state index is 5.77. The second-order valence-electron chi connectivity index (χ2n) is 40.2. The van der Waals surface area contributed by atoms with Crippen molar-refractivity contribution in [2.24, 2.45) is 68.3 Å². The first-order chi connectivity index (χ1) is 39.3. The lowest BCUT2D eigenvalue weighted by Crippen LogP contribution is -2.82. The molecule has 5 saturated heterocycles. The molecule has 0 aliphatic carbocycles. The van der Waals surface area contributed by atoms with E-state index < -0.39 is 0 Å². The van der Waals surface area contributed by atoms with E-state index in [4.69, 9.17) is 9.73 Å². The molecule has 0 unspecified atom stereocenters. The average molecular weight is 1310 g/mol. The number of ether oxygens (including phenoxy) is 1. The number of piperidine rings is 4. The Morgan fingerprint density at radius 3 is 0.846 bits per heavy atom. The molecule has 0 amide bonds. The van der Waals surface area contributed by atoms with Crippen LogP contribution in [0.2, 0.25) is 0 Å². The largest absolute Gasteiger partial charge is 0.475 e. The van der Waals surface area contributed by atoms with Gasteiger partial charge in [-0.2, -0.15) is 0 Å². The SMILES string of the molecule is CC1(C)N2CC(C)(C1(C)C)C(C)(C)C2(C)C.CC1(C)N2CCC(C)(C1(C)C)C(C)(C)C2(C)C.CC1=NC(C)(C)C(C)(C)C(C)(C)N1C.CC1=NC(C)(C)C(C)(C)C(C)(C)O1.CC1=NC(C)(C)C(C)(C)N1C.CC1=NC(C)(C)C(C)(C)S1.CC1=NC(C)(C)C(C)(C)S1. The van der Waals surface area contributed by atoms with Crippen molar-refractivity contribution >= 4 is 51.2 Å². The van der Waals surface area contributed by atoms with Gasteiger partial charge in [-0.15, -0.1) is 23.5 Å². The number of hydrogen-bond acceptors (Lipinski definition) is 12. The minimum atomic E-state index is -0.150. The van der Waals surface area contributed by atoms with Crippen LogP contribution in [0.25, 0.3) is 0 Å². The van der Waals surface area contributed by atoms with Crippen molar-refractivity contribution in [3.8, 4) is 0 Å². The van der Waals surface area contributed by atoms with E-state index >= 15 is 0 Å². The number of amidine groups is 2. The maximum absolute atomic E-state index is 5.77. The Hall–Kier alpha value is -1.63. The fourth-order valence-electron chi connectivity index (χ4n) is 17.1. The second-order valence-corrected chi connectivity index (χ2v) is 43.8. The number of rotatable bonds is 0. The zero-order chi connectivity index (χ0) is 73.0. The molecule has 0 atom stereocenters. The van der Waals surface area contributed by atoms with Crippen molar-refractivity contribution in [1.82, 2.24) is 19.6 Å². The quantitative estimate of drug-likeness (QED) is 0.239. The number of fused-ring (bicyclic) bond motifs is 5. The zero-order valence-corrected chi connectivity index (χ0v) is 71.5. The molecule has 0 radical (unpaired) electrons. The van der Waals surface area contributed by atoms with Gasteiger partial charge < -0.3 is 14.5 Å². The third-order valence-electron chi connectivity index (χ3n) is 32.2. The van der Waals surface area contributed by atoms with Crippen LogP contribution in [0.1, 0.15) is 332 Å². The molecule has 10 aliphatic heterocycles.